The van der Waals surface area contributed by atoms with Gasteiger partial charge in [-0.25, -0.2) is 9.37 Å². The molecule has 0 atom stereocenters. The van der Waals surface area contributed by atoms with E-state index in [1.54, 1.807) is 24.3 Å². The van der Waals surface area contributed by atoms with Crippen LogP contribution in [0.1, 0.15) is 40.3 Å². The molecule has 0 saturated heterocycles. The third kappa shape index (κ3) is 6.29. The highest BCUT2D eigenvalue weighted by atomic mass is 35.5. The van der Waals surface area contributed by atoms with E-state index >= 15 is 0 Å². The van der Waals surface area contributed by atoms with Crippen LogP contribution in [0.25, 0.3) is 0 Å². The largest absolute Gasteiger partial charge is 0.447 e. The van der Waals surface area contributed by atoms with E-state index in [0.717, 1.165) is 24.0 Å². The van der Waals surface area contributed by atoms with E-state index in [9.17, 15) is 9.18 Å². The number of carbonyl (C=O) groups excluding carboxylic acids is 1. The second-order valence-electron chi connectivity index (χ2n) is 7.79. The maximum Gasteiger partial charge on any atom is 0.273 e. The van der Waals surface area contributed by atoms with Crippen molar-refractivity contribution in [3.05, 3.63) is 87.3 Å². The zero-order chi connectivity index (χ0) is 21.8. The zero-order valence-corrected chi connectivity index (χ0v) is 18.3. The first-order valence-corrected chi connectivity index (χ1v) is 10.8. The molecule has 162 valence electrons. The van der Waals surface area contributed by atoms with Crippen molar-refractivity contribution in [1.29, 1.82) is 0 Å². The van der Waals surface area contributed by atoms with Gasteiger partial charge in [0.25, 0.3) is 5.91 Å². The summed E-state index contributed by atoms with van der Waals surface area (Å²) in [5.74, 6) is 0.493. The van der Waals surface area contributed by atoms with Gasteiger partial charge in [0.15, 0.2) is 5.69 Å². The summed E-state index contributed by atoms with van der Waals surface area (Å²) < 4.78 is 18.9. The zero-order valence-electron chi connectivity index (χ0n) is 16.8. The molecule has 1 aromatic heterocycles. The third-order valence-corrected chi connectivity index (χ3v) is 5.71. The van der Waals surface area contributed by atoms with E-state index < -0.39 is 0 Å². The summed E-state index contributed by atoms with van der Waals surface area (Å²) in [6.45, 7) is 2.04. The summed E-state index contributed by atoms with van der Waals surface area (Å²) in [5.41, 5.74) is 2.09. The molecule has 8 heteroatoms. The minimum atomic E-state index is -0.286. The summed E-state index contributed by atoms with van der Waals surface area (Å²) in [4.78, 5) is 18.7. The molecule has 0 radical (unpaired) electrons. The number of nitrogens with zero attached hydrogens (tertiary/aromatic N) is 2. The van der Waals surface area contributed by atoms with Gasteiger partial charge in [0, 0.05) is 29.7 Å². The van der Waals surface area contributed by atoms with E-state index in [0.29, 0.717) is 48.0 Å². The molecular weight excluding hydrogens is 440 g/mol. The van der Waals surface area contributed by atoms with Crippen LogP contribution >= 0.6 is 23.2 Å². The molecule has 1 N–H and O–H groups in total. The Morgan fingerprint density at radius 2 is 1.90 bits per heavy atom. The second-order valence-corrected chi connectivity index (χ2v) is 8.63. The summed E-state index contributed by atoms with van der Waals surface area (Å²) in [6, 6.07) is 11.7. The number of carbonyl (C=O) groups is 1. The van der Waals surface area contributed by atoms with Crippen LogP contribution in [0.3, 0.4) is 0 Å². The first-order valence-electron chi connectivity index (χ1n) is 10.1. The SMILES string of the molecule is O=C(NCC1CC1)c1coc(CN(Cc2ccc(F)cc2)Cc2ccc(Cl)cc2Cl)n1. The molecule has 0 spiro atoms. The molecule has 5 nitrogen and oxygen atoms in total. The Balaban J connectivity index is 1.47. The van der Waals surface area contributed by atoms with E-state index in [-0.39, 0.29) is 17.4 Å². The standard InChI is InChI=1S/C23H22Cl2FN3O2/c24-18-6-5-17(20(25)9-18)12-29(11-16-3-7-19(26)8-4-16)13-22-28-21(14-31-22)23(30)27-10-15-1-2-15/h3-9,14-15H,1-2,10-13H2,(H,27,30). The normalized spacial score (nSPS) is 13.5. The molecule has 1 amide bonds. The number of aromatic nitrogens is 1. The van der Waals surface area contributed by atoms with Gasteiger partial charge in [0.1, 0.15) is 12.1 Å². The van der Waals surface area contributed by atoms with Crippen LogP contribution in [0.4, 0.5) is 4.39 Å². The number of amides is 1. The molecule has 1 fully saturated rings. The van der Waals surface area contributed by atoms with Crippen molar-refractivity contribution in [2.75, 3.05) is 6.54 Å². The highest BCUT2D eigenvalue weighted by molar-refractivity contribution is 6.35. The minimum absolute atomic E-state index is 0.229. The Morgan fingerprint density at radius 3 is 2.61 bits per heavy atom. The molecule has 0 unspecified atom stereocenters. The molecule has 0 bridgehead atoms. The number of nitrogens with one attached hydrogen (secondary N) is 1. The molecule has 3 aromatic rings. The van der Waals surface area contributed by atoms with Gasteiger partial charge in [-0.1, -0.05) is 41.4 Å². The highest BCUT2D eigenvalue weighted by Crippen LogP contribution is 2.27. The fraction of sp³-hybridized carbons (Fsp3) is 0.304. The lowest BCUT2D eigenvalue weighted by Gasteiger charge is -2.21. The van der Waals surface area contributed by atoms with Crippen molar-refractivity contribution < 1.29 is 13.6 Å². The van der Waals surface area contributed by atoms with Gasteiger partial charge in [-0.15, -0.1) is 0 Å². The number of hydrogen-bond acceptors (Lipinski definition) is 4. The Labute approximate surface area is 190 Å². The molecular formula is C23H22Cl2FN3O2. The number of halogens is 3. The summed E-state index contributed by atoms with van der Waals surface area (Å²) in [7, 11) is 0. The molecule has 0 aliphatic heterocycles. The van der Waals surface area contributed by atoms with Gasteiger partial charge in [-0.2, -0.15) is 0 Å². The topological polar surface area (TPSA) is 58.4 Å². The van der Waals surface area contributed by atoms with Gasteiger partial charge >= 0.3 is 0 Å². The van der Waals surface area contributed by atoms with Crippen LogP contribution in [0.2, 0.25) is 10.0 Å². The lowest BCUT2D eigenvalue weighted by Crippen LogP contribution is -2.26. The Hall–Kier alpha value is -2.41. The second kappa shape index (κ2) is 9.81. The Kier molecular flexibility index (Phi) is 6.90. The summed E-state index contributed by atoms with van der Waals surface area (Å²) in [6.07, 6.45) is 3.70. The fourth-order valence-corrected chi connectivity index (χ4v) is 3.70. The van der Waals surface area contributed by atoms with Crippen molar-refractivity contribution in [3.63, 3.8) is 0 Å². The first kappa shape index (κ1) is 21.8. The first-order chi connectivity index (χ1) is 15.0. The van der Waals surface area contributed by atoms with Gasteiger partial charge in [-0.3, -0.25) is 9.69 Å². The molecule has 2 aromatic carbocycles. The highest BCUT2D eigenvalue weighted by Gasteiger charge is 2.23. The van der Waals surface area contributed by atoms with Crippen LogP contribution in [-0.2, 0) is 19.6 Å². The van der Waals surface area contributed by atoms with E-state index in [4.69, 9.17) is 27.6 Å². The van der Waals surface area contributed by atoms with E-state index in [2.05, 4.69) is 15.2 Å². The van der Waals surface area contributed by atoms with Crippen molar-refractivity contribution in [3.8, 4) is 0 Å². The van der Waals surface area contributed by atoms with E-state index in [1.165, 1.54) is 18.4 Å². The molecule has 1 saturated carbocycles. The lowest BCUT2D eigenvalue weighted by atomic mass is 10.1. The number of hydrogen-bond donors (Lipinski definition) is 1. The van der Waals surface area contributed by atoms with Crippen LogP contribution in [0.15, 0.2) is 53.1 Å². The average Bonchev–Trinajstić information content (AvgIpc) is 3.46. The van der Waals surface area contributed by atoms with E-state index in [1.807, 2.05) is 6.07 Å². The Bertz CT molecular complexity index is 1050. The molecule has 4 rings (SSSR count). The van der Waals surface area contributed by atoms with Gasteiger partial charge in [0.05, 0.1) is 6.54 Å². The molecule has 1 heterocycles. The quantitative estimate of drug-likeness (QED) is 0.459. The summed E-state index contributed by atoms with van der Waals surface area (Å²) >= 11 is 12.4. The molecule has 1 aliphatic rings. The fourth-order valence-electron chi connectivity index (χ4n) is 3.24. The summed E-state index contributed by atoms with van der Waals surface area (Å²) in [5, 5.41) is 4.01. The lowest BCUT2D eigenvalue weighted by molar-refractivity contribution is 0.0946. The monoisotopic (exact) mass is 461 g/mol. The molecule has 1 aliphatic carbocycles. The number of benzene rings is 2. The minimum Gasteiger partial charge on any atom is -0.447 e. The van der Waals surface area contributed by atoms with Crippen molar-refractivity contribution in [2.24, 2.45) is 5.92 Å². The average molecular weight is 462 g/mol. The van der Waals surface area contributed by atoms with Crippen LogP contribution in [0.5, 0.6) is 0 Å². The maximum absolute atomic E-state index is 13.3. The van der Waals surface area contributed by atoms with Crippen molar-refractivity contribution in [1.82, 2.24) is 15.2 Å². The van der Waals surface area contributed by atoms with Gasteiger partial charge in [-0.05, 0) is 54.2 Å². The van der Waals surface area contributed by atoms with Crippen molar-refractivity contribution >= 4 is 29.1 Å². The van der Waals surface area contributed by atoms with Crippen LogP contribution in [0, 0.1) is 11.7 Å². The van der Waals surface area contributed by atoms with Crippen molar-refractivity contribution in [2.45, 2.75) is 32.5 Å². The smallest absolute Gasteiger partial charge is 0.273 e. The van der Waals surface area contributed by atoms with Crippen LogP contribution in [-0.4, -0.2) is 22.3 Å². The molecule has 31 heavy (non-hydrogen) atoms. The maximum atomic E-state index is 13.3. The van der Waals surface area contributed by atoms with Gasteiger partial charge < -0.3 is 9.73 Å². The predicted octanol–water partition coefficient (Wildman–Crippen LogP) is 5.46. The number of oxazole rings is 1. The van der Waals surface area contributed by atoms with Crippen LogP contribution < -0.4 is 5.32 Å². The number of rotatable bonds is 9. The Morgan fingerprint density at radius 1 is 1.13 bits per heavy atom. The van der Waals surface area contributed by atoms with Gasteiger partial charge in [0.2, 0.25) is 5.89 Å². The third-order valence-electron chi connectivity index (χ3n) is 5.12. The predicted molar refractivity (Wildman–Crippen MR) is 117 cm³/mol.